The standard InChI is InChI=1S/C16H20Cl2N4O2/c1-16(2,3)12-9-13(21-22(12)7-8-23)20-15(24)19-11-6-4-5-10(17)14(11)18/h4-6,9,23H,7-8H2,1-3H3,(H2,19,20,21,24). The van der Waals surface area contributed by atoms with Crippen LogP contribution in [0.3, 0.4) is 0 Å². The van der Waals surface area contributed by atoms with Gasteiger partial charge in [-0.2, -0.15) is 5.10 Å². The fourth-order valence-electron chi connectivity index (χ4n) is 2.22. The summed E-state index contributed by atoms with van der Waals surface area (Å²) < 4.78 is 1.68. The second kappa shape index (κ2) is 7.42. The van der Waals surface area contributed by atoms with Gasteiger partial charge in [-0.25, -0.2) is 4.79 Å². The molecule has 0 atom stereocenters. The molecule has 0 radical (unpaired) electrons. The zero-order valence-corrected chi connectivity index (χ0v) is 15.2. The van der Waals surface area contributed by atoms with Gasteiger partial charge in [0.05, 0.1) is 28.9 Å². The molecule has 0 spiro atoms. The number of nitrogens with zero attached hydrogens (tertiary/aromatic N) is 2. The van der Waals surface area contributed by atoms with Crippen molar-refractivity contribution in [2.45, 2.75) is 32.7 Å². The number of anilines is 2. The van der Waals surface area contributed by atoms with Gasteiger partial charge in [0.15, 0.2) is 5.82 Å². The van der Waals surface area contributed by atoms with Gasteiger partial charge in [0.25, 0.3) is 0 Å². The Morgan fingerprint density at radius 2 is 2.00 bits per heavy atom. The Bertz CT molecular complexity index is 738. The van der Waals surface area contributed by atoms with Crippen LogP contribution in [0.15, 0.2) is 24.3 Å². The minimum absolute atomic E-state index is 0.0332. The van der Waals surface area contributed by atoms with Crippen molar-refractivity contribution in [2.24, 2.45) is 0 Å². The Balaban J connectivity index is 2.16. The molecule has 1 aromatic carbocycles. The van der Waals surface area contributed by atoms with Gasteiger partial charge in [0, 0.05) is 17.2 Å². The minimum atomic E-state index is -0.478. The number of aliphatic hydroxyl groups excluding tert-OH is 1. The van der Waals surface area contributed by atoms with Crippen LogP contribution >= 0.6 is 23.2 Å². The summed E-state index contributed by atoms with van der Waals surface area (Å²) in [6.07, 6.45) is 0. The number of amides is 2. The molecule has 0 fully saturated rings. The highest BCUT2D eigenvalue weighted by molar-refractivity contribution is 6.44. The van der Waals surface area contributed by atoms with Crippen LogP contribution in [0.25, 0.3) is 0 Å². The van der Waals surface area contributed by atoms with E-state index in [0.717, 1.165) is 5.69 Å². The van der Waals surface area contributed by atoms with E-state index in [1.54, 1.807) is 28.9 Å². The topological polar surface area (TPSA) is 79.2 Å². The van der Waals surface area contributed by atoms with Crippen LogP contribution in [0.1, 0.15) is 26.5 Å². The molecule has 6 nitrogen and oxygen atoms in total. The van der Waals surface area contributed by atoms with E-state index >= 15 is 0 Å². The molecule has 0 aliphatic carbocycles. The van der Waals surface area contributed by atoms with E-state index in [9.17, 15) is 4.79 Å². The summed E-state index contributed by atoms with van der Waals surface area (Å²) in [5.41, 5.74) is 1.15. The highest BCUT2D eigenvalue weighted by atomic mass is 35.5. The third-order valence-electron chi connectivity index (χ3n) is 3.30. The largest absolute Gasteiger partial charge is 0.394 e. The molecule has 0 bridgehead atoms. The SMILES string of the molecule is CC(C)(C)c1cc(NC(=O)Nc2cccc(Cl)c2Cl)nn1CCO. The summed E-state index contributed by atoms with van der Waals surface area (Å²) in [4.78, 5) is 12.2. The van der Waals surface area contributed by atoms with Crippen molar-refractivity contribution in [3.05, 3.63) is 40.0 Å². The van der Waals surface area contributed by atoms with E-state index in [-0.39, 0.29) is 17.0 Å². The van der Waals surface area contributed by atoms with E-state index in [1.165, 1.54) is 0 Å². The molecule has 1 aromatic heterocycles. The lowest BCUT2D eigenvalue weighted by molar-refractivity contribution is 0.261. The van der Waals surface area contributed by atoms with Gasteiger partial charge >= 0.3 is 6.03 Å². The number of nitrogens with one attached hydrogen (secondary N) is 2. The molecule has 2 aromatic rings. The van der Waals surface area contributed by atoms with Gasteiger partial charge in [-0.05, 0) is 12.1 Å². The van der Waals surface area contributed by atoms with E-state index in [4.69, 9.17) is 28.3 Å². The van der Waals surface area contributed by atoms with Crippen molar-refractivity contribution < 1.29 is 9.90 Å². The number of aliphatic hydroxyl groups is 1. The van der Waals surface area contributed by atoms with E-state index in [2.05, 4.69) is 15.7 Å². The zero-order chi connectivity index (χ0) is 17.9. The molecule has 0 saturated heterocycles. The molecule has 0 unspecified atom stereocenters. The average Bonchev–Trinajstić information content (AvgIpc) is 2.87. The van der Waals surface area contributed by atoms with Crippen molar-refractivity contribution in [2.75, 3.05) is 17.2 Å². The molecular formula is C16H20Cl2N4O2. The van der Waals surface area contributed by atoms with Crippen LogP contribution in [0, 0.1) is 0 Å². The zero-order valence-electron chi connectivity index (χ0n) is 13.7. The first-order chi connectivity index (χ1) is 11.2. The second-order valence-corrected chi connectivity index (χ2v) is 7.08. The lowest BCUT2D eigenvalue weighted by atomic mass is 9.92. The highest BCUT2D eigenvalue weighted by Gasteiger charge is 2.21. The van der Waals surface area contributed by atoms with E-state index in [1.807, 2.05) is 20.8 Å². The van der Waals surface area contributed by atoms with Gasteiger partial charge in [-0.15, -0.1) is 0 Å². The van der Waals surface area contributed by atoms with Gasteiger partial charge in [-0.1, -0.05) is 50.0 Å². The highest BCUT2D eigenvalue weighted by Crippen LogP contribution is 2.30. The molecule has 2 rings (SSSR count). The average molecular weight is 371 g/mol. The Labute approximate surface area is 150 Å². The summed E-state index contributed by atoms with van der Waals surface area (Å²) in [5.74, 6) is 0.393. The number of urea groups is 1. The summed E-state index contributed by atoms with van der Waals surface area (Å²) in [6, 6.07) is 6.29. The normalized spacial score (nSPS) is 11.4. The molecular weight excluding hydrogens is 351 g/mol. The van der Waals surface area contributed by atoms with Gasteiger partial charge in [-0.3, -0.25) is 10.00 Å². The summed E-state index contributed by atoms with van der Waals surface area (Å²) in [7, 11) is 0. The van der Waals surface area contributed by atoms with Crippen LogP contribution in [0.4, 0.5) is 16.3 Å². The lowest BCUT2D eigenvalue weighted by Crippen LogP contribution is -2.20. The number of carbonyl (C=O) groups is 1. The monoisotopic (exact) mass is 370 g/mol. The predicted octanol–water partition coefficient (Wildman–Crippen LogP) is 4.12. The summed E-state index contributed by atoms with van der Waals surface area (Å²) in [6.45, 7) is 6.43. The number of carbonyl (C=O) groups excluding carboxylic acids is 1. The third-order valence-corrected chi connectivity index (χ3v) is 4.12. The Kier molecular flexibility index (Phi) is 5.74. The second-order valence-electron chi connectivity index (χ2n) is 6.29. The van der Waals surface area contributed by atoms with Crippen LogP contribution < -0.4 is 10.6 Å². The van der Waals surface area contributed by atoms with Gasteiger partial charge < -0.3 is 10.4 Å². The third kappa shape index (κ3) is 4.41. The van der Waals surface area contributed by atoms with Crippen LogP contribution in [-0.2, 0) is 12.0 Å². The molecule has 2 amide bonds. The Morgan fingerprint density at radius 1 is 1.29 bits per heavy atom. The maximum absolute atomic E-state index is 12.2. The Morgan fingerprint density at radius 3 is 2.62 bits per heavy atom. The minimum Gasteiger partial charge on any atom is -0.394 e. The number of hydrogen-bond acceptors (Lipinski definition) is 3. The number of halogens is 2. The number of aromatic nitrogens is 2. The molecule has 24 heavy (non-hydrogen) atoms. The first kappa shape index (κ1) is 18.6. The summed E-state index contributed by atoms with van der Waals surface area (Å²) in [5, 5.41) is 19.4. The molecule has 0 saturated carbocycles. The van der Waals surface area contributed by atoms with Crippen LogP contribution in [0.5, 0.6) is 0 Å². The van der Waals surface area contributed by atoms with Crippen molar-refractivity contribution in [1.29, 1.82) is 0 Å². The summed E-state index contributed by atoms with van der Waals surface area (Å²) >= 11 is 12.0. The van der Waals surface area contributed by atoms with E-state index < -0.39 is 6.03 Å². The first-order valence-corrected chi connectivity index (χ1v) is 8.19. The fraction of sp³-hybridized carbons (Fsp3) is 0.375. The molecule has 1 heterocycles. The molecule has 3 N–H and O–H groups in total. The van der Waals surface area contributed by atoms with Crippen molar-refractivity contribution in [1.82, 2.24) is 9.78 Å². The molecule has 130 valence electrons. The van der Waals surface area contributed by atoms with Crippen molar-refractivity contribution >= 4 is 40.7 Å². The Hall–Kier alpha value is -1.76. The number of hydrogen-bond donors (Lipinski definition) is 3. The molecule has 8 heteroatoms. The van der Waals surface area contributed by atoms with Crippen molar-refractivity contribution in [3.8, 4) is 0 Å². The predicted molar refractivity (Wildman–Crippen MR) is 97.1 cm³/mol. The maximum atomic E-state index is 12.2. The lowest BCUT2D eigenvalue weighted by Gasteiger charge is -2.19. The number of benzene rings is 1. The van der Waals surface area contributed by atoms with Gasteiger partial charge in [0.1, 0.15) is 0 Å². The van der Waals surface area contributed by atoms with Crippen LogP contribution in [-0.4, -0.2) is 27.5 Å². The smallest absolute Gasteiger partial charge is 0.324 e. The van der Waals surface area contributed by atoms with Crippen LogP contribution in [0.2, 0.25) is 10.0 Å². The fourth-order valence-corrected chi connectivity index (χ4v) is 2.56. The number of rotatable bonds is 4. The quantitative estimate of drug-likeness (QED) is 0.756. The first-order valence-electron chi connectivity index (χ1n) is 7.43. The van der Waals surface area contributed by atoms with E-state index in [0.29, 0.717) is 23.1 Å². The maximum Gasteiger partial charge on any atom is 0.324 e. The van der Waals surface area contributed by atoms with Gasteiger partial charge in [0.2, 0.25) is 0 Å². The van der Waals surface area contributed by atoms with Crippen molar-refractivity contribution in [3.63, 3.8) is 0 Å². The molecule has 0 aliphatic heterocycles. The molecule has 0 aliphatic rings.